The number of pyridine rings is 1. The number of hydrogen-bond donors (Lipinski definition) is 1. The van der Waals surface area contributed by atoms with Crippen LogP contribution in [0.5, 0.6) is 5.75 Å². The first-order valence-corrected chi connectivity index (χ1v) is 10.2. The highest BCUT2D eigenvalue weighted by molar-refractivity contribution is 7.99. The number of nitrogens with zero attached hydrogens (tertiary/aromatic N) is 2. The molecule has 0 aliphatic carbocycles. The molecule has 8 heteroatoms. The molecule has 0 bridgehead atoms. The molecule has 2 heterocycles. The minimum atomic E-state index is -2.84. The Hall–Kier alpha value is -1.80. The van der Waals surface area contributed by atoms with Gasteiger partial charge in [0.15, 0.2) is 5.16 Å². The van der Waals surface area contributed by atoms with E-state index in [9.17, 15) is 8.78 Å². The van der Waals surface area contributed by atoms with Crippen LogP contribution < -0.4 is 4.74 Å². The smallest absolute Gasteiger partial charge is 0.387 e. The van der Waals surface area contributed by atoms with Gasteiger partial charge in [-0.1, -0.05) is 18.7 Å². The summed E-state index contributed by atoms with van der Waals surface area (Å²) in [5.74, 6) is 1.89. The molecule has 1 N–H and O–H groups in total. The molecular weight excluding hydrogens is 376 g/mol. The highest BCUT2D eigenvalue weighted by Gasteiger charge is 2.10. The Morgan fingerprint density at radius 1 is 1.23 bits per heavy atom. The molecule has 0 unspecified atom stereocenters. The Labute approximate surface area is 159 Å². The highest BCUT2D eigenvalue weighted by atomic mass is 32.2. The maximum Gasteiger partial charge on any atom is 0.387 e. The van der Waals surface area contributed by atoms with Gasteiger partial charge >= 0.3 is 6.61 Å². The Balaban J connectivity index is 1.71. The van der Waals surface area contributed by atoms with E-state index < -0.39 is 6.61 Å². The van der Waals surface area contributed by atoms with Crippen LogP contribution in [0.15, 0.2) is 40.5 Å². The third-order valence-electron chi connectivity index (χ3n) is 3.72. The fourth-order valence-electron chi connectivity index (χ4n) is 2.42. The second-order valence-corrected chi connectivity index (χ2v) is 7.72. The van der Waals surface area contributed by atoms with Crippen LogP contribution in [0.25, 0.3) is 11.0 Å². The van der Waals surface area contributed by atoms with Crippen LogP contribution in [-0.4, -0.2) is 27.3 Å². The van der Waals surface area contributed by atoms with Crippen LogP contribution in [0.1, 0.15) is 24.6 Å². The Morgan fingerprint density at radius 3 is 2.85 bits per heavy atom. The van der Waals surface area contributed by atoms with Gasteiger partial charge in [0, 0.05) is 22.9 Å². The number of hydrogen-bond acceptors (Lipinski definition) is 5. The molecule has 26 heavy (non-hydrogen) atoms. The van der Waals surface area contributed by atoms with Gasteiger partial charge in [0.1, 0.15) is 5.75 Å². The maximum absolute atomic E-state index is 12.3. The molecule has 0 saturated heterocycles. The lowest BCUT2D eigenvalue weighted by molar-refractivity contribution is -0.0497. The van der Waals surface area contributed by atoms with Crippen molar-refractivity contribution in [3.8, 4) is 5.75 Å². The van der Waals surface area contributed by atoms with Gasteiger partial charge in [-0.2, -0.15) is 8.78 Å². The van der Waals surface area contributed by atoms with Crippen molar-refractivity contribution in [3.05, 3.63) is 41.7 Å². The number of imidazole rings is 1. The number of aromatic amines is 1. The fourth-order valence-corrected chi connectivity index (χ4v) is 4.24. The van der Waals surface area contributed by atoms with Crippen LogP contribution >= 0.6 is 23.5 Å². The summed E-state index contributed by atoms with van der Waals surface area (Å²) in [6, 6.07) is 6.74. The average molecular weight is 396 g/mol. The third kappa shape index (κ3) is 4.67. The maximum atomic E-state index is 12.3. The van der Waals surface area contributed by atoms with Crippen LogP contribution in [-0.2, 0) is 5.75 Å². The van der Waals surface area contributed by atoms with Crippen molar-refractivity contribution in [1.29, 1.82) is 0 Å². The van der Waals surface area contributed by atoms with Crippen molar-refractivity contribution in [2.45, 2.75) is 42.7 Å². The van der Waals surface area contributed by atoms with E-state index in [1.54, 1.807) is 6.07 Å². The van der Waals surface area contributed by atoms with Gasteiger partial charge in [0.25, 0.3) is 0 Å². The number of benzene rings is 1. The van der Waals surface area contributed by atoms with E-state index >= 15 is 0 Å². The lowest BCUT2D eigenvalue weighted by Gasteiger charge is -2.08. The summed E-state index contributed by atoms with van der Waals surface area (Å²) in [5.41, 5.74) is 3.61. The summed E-state index contributed by atoms with van der Waals surface area (Å²) in [5, 5.41) is 0.724. The van der Waals surface area contributed by atoms with E-state index in [-0.39, 0.29) is 5.75 Å². The molecule has 3 aromatic rings. The number of fused-ring (bicyclic) bond motifs is 1. The number of aromatic nitrogens is 3. The van der Waals surface area contributed by atoms with Gasteiger partial charge in [-0.3, -0.25) is 4.98 Å². The van der Waals surface area contributed by atoms with E-state index in [2.05, 4.69) is 39.6 Å². The van der Waals surface area contributed by atoms with E-state index in [1.807, 2.05) is 18.0 Å². The van der Waals surface area contributed by atoms with Gasteiger partial charge < -0.3 is 9.72 Å². The number of rotatable bonds is 8. The number of alkyl halides is 2. The molecule has 0 aliphatic rings. The van der Waals surface area contributed by atoms with Crippen molar-refractivity contribution in [2.75, 3.05) is 5.75 Å². The number of nitrogens with one attached hydrogen (secondary N) is 1. The molecule has 0 saturated carbocycles. The predicted molar refractivity (Wildman–Crippen MR) is 102 cm³/mol. The van der Waals surface area contributed by atoms with Crippen molar-refractivity contribution in [2.24, 2.45) is 0 Å². The topological polar surface area (TPSA) is 50.8 Å². The molecule has 0 aliphatic heterocycles. The Morgan fingerprint density at radius 2 is 2.08 bits per heavy atom. The monoisotopic (exact) mass is 395 g/mol. The summed E-state index contributed by atoms with van der Waals surface area (Å²) in [6.45, 7) is 1.42. The molecule has 0 radical (unpaired) electrons. The number of H-pyrrole nitrogens is 1. The normalized spacial score (nSPS) is 11.4. The van der Waals surface area contributed by atoms with Gasteiger partial charge in [0.2, 0.25) is 0 Å². The van der Waals surface area contributed by atoms with Crippen molar-refractivity contribution in [3.63, 3.8) is 0 Å². The molecule has 0 amide bonds. The Kier molecular flexibility index (Phi) is 6.37. The van der Waals surface area contributed by atoms with Crippen LogP contribution in [0.2, 0.25) is 0 Å². The minimum absolute atomic E-state index is 0.117. The summed E-state index contributed by atoms with van der Waals surface area (Å²) < 4.78 is 29.1. The molecule has 0 fully saturated rings. The highest BCUT2D eigenvalue weighted by Crippen LogP contribution is 2.29. The first kappa shape index (κ1) is 19.0. The van der Waals surface area contributed by atoms with Gasteiger partial charge in [-0.25, -0.2) is 4.98 Å². The molecular formula is C18H19F2N3OS2. The zero-order valence-corrected chi connectivity index (χ0v) is 16.1. The van der Waals surface area contributed by atoms with E-state index in [1.165, 1.54) is 34.4 Å². The van der Waals surface area contributed by atoms with Crippen molar-refractivity contribution < 1.29 is 13.5 Å². The summed E-state index contributed by atoms with van der Waals surface area (Å²) in [7, 11) is 0. The molecule has 0 spiro atoms. The predicted octanol–water partition coefficient (Wildman–Crippen LogP) is 5.66. The molecule has 1 aromatic carbocycles. The zero-order valence-electron chi connectivity index (χ0n) is 14.5. The molecule has 138 valence electrons. The Bertz CT molecular complexity index is 886. The lowest BCUT2D eigenvalue weighted by atomic mass is 10.2. The summed E-state index contributed by atoms with van der Waals surface area (Å²) >= 11 is 3.38. The fraction of sp³-hybridized carbons (Fsp3) is 0.333. The standard InChI is InChI=1S/C18H19F2N3OS2/c1-3-8-25-16-6-7-21-15(11(16)2)10-26-18-22-13-5-4-12(24-17(19)20)9-14(13)23-18/h4-7,9,17H,3,8,10H2,1-2H3,(H,22,23). The lowest BCUT2D eigenvalue weighted by Crippen LogP contribution is -2.01. The second-order valence-electron chi connectivity index (χ2n) is 5.62. The second kappa shape index (κ2) is 8.73. The molecule has 0 atom stereocenters. The summed E-state index contributed by atoms with van der Waals surface area (Å²) in [6.07, 6.45) is 2.97. The van der Waals surface area contributed by atoms with Gasteiger partial charge in [-0.05, 0) is 42.9 Å². The minimum Gasteiger partial charge on any atom is -0.435 e. The largest absolute Gasteiger partial charge is 0.435 e. The van der Waals surface area contributed by atoms with E-state index in [0.717, 1.165) is 23.0 Å². The van der Waals surface area contributed by atoms with Crippen LogP contribution in [0.3, 0.4) is 0 Å². The number of ether oxygens (including phenoxy) is 1. The summed E-state index contributed by atoms with van der Waals surface area (Å²) in [4.78, 5) is 13.4. The average Bonchev–Trinajstić information content (AvgIpc) is 3.01. The van der Waals surface area contributed by atoms with Gasteiger partial charge in [-0.15, -0.1) is 11.8 Å². The van der Waals surface area contributed by atoms with Crippen LogP contribution in [0, 0.1) is 6.92 Å². The third-order valence-corrected chi connectivity index (χ3v) is 5.97. The molecule has 2 aromatic heterocycles. The number of thioether (sulfide) groups is 2. The first-order chi connectivity index (χ1) is 12.6. The van der Waals surface area contributed by atoms with Crippen molar-refractivity contribution in [1.82, 2.24) is 15.0 Å². The van der Waals surface area contributed by atoms with E-state index in [4.69, 9.17) is 0 Å². The van der Waals surface area contributed by atoms with Gasteiger partial charge in [0.05, 0.1) is 16.7 Å². The zero-order chi connectivity index (χ0) is 18.5. The quantitative estimate of drug-likeness (QED) is 0.499. The number of halogens is 2. The molecule has 3 rings (SSSR count). The molecule has 4 nitrogen and oxygen atoms in total. The first-order valence-electron chi connectivity index (χ1n) is 8.21. The van der Waals surface area contributed by atoms with Crippen molar-refractivity contribution >= 4 is 34.6 Å². The van der Waals surface area contributed by atoms with Crippen LogP contribution in [0.4, 0.5) is 8.78 Å². The van der Waals surface area contributed by atoms with E-state index in [0.29, 0.717) is 16.8 Å². The SMILES string of the molecule is CCCSc1ccnc(CSc2nc3ccc(OC(F)F)cc3[nH]2)c1C.